The predicted octanol–water partition coefficient (Wildman–Crippen LogP) is 28.3. The molecule has 0 heterocycles. The summed E-state index contributed by atoms with van der Waals surface area (Å²) in [7, 11) is 0. The van der Waals surface area contributed by atoms with Crippen molar-refractivity contribution in [1.29, 1.82) is 0 Å². The molecule has 0 radical (unpaired) electrons. The van der Waals surface area contributed by atoms with E-state index in [-0.39, 0.29) is 0 Å². The lowest BCUT2D eigenvalue weighted by Gasteiger charge is -2.19. The number of carbonyl (C=O) groups is 1. The van der Waals surface area contributed by atoms with Crippen molar-refractivity contribution < 1.29 is 15.0 Å². The minimum Gasteiger partial charge on any atom is -0.481 e. The summed E-state index contributed by atoms with van der Waals surface area (Å²) in [6, 6.07) is 0. The molecule has 0 amide bonds. The highest BCUT2D eigenvalue weighted by Crippen LogP contribution is 2.47. The third kappa shape index (κ3) is 55.2. The number of aliphatic hydroxyl groups excluding tert-OH is 1. The highest BCUT2D eigenvalue weighted by Gasteiger charge is 2.36. The Labute approximate surface area is 523 Å². The Kier molecular flexibility index (Phi) is 59.6. The molecule has 0 aromatic heterocycles. The van der Waals surface area contributed by atoms with Gasteiger partial charge in [-0.2, -0.15) is 0 Å². The molecule has 0 aromatic rings. The monoisotopic (exact) mass is 1170 g/mol. The molecule has 6 unspecified atom stereocenters. The molecule has 3 heteroatoms. The van der Waals surface area contributed by atoms with Crippen molar-refractivity contribution in [1.82, 2.24) is 0 Å². The van der Waals surface area contributed by atoms with E-state index in [1.807, 2.05) is 0 Å². The number of aliphatic carboxylic acids is 1. The van der Waals surface area contributed by atoms with E-state index in [1.165, 1.54) is 392 Å². The number of unbranched alkanes of at least 4 members (excludes halogenated alkanes) is 59. The summed E-state index contributed by atoms with van der Waals surface area (Å²) < 4.78 is 0. The predicted molar refractivity (Wildman–Crippen MR) is 370 cm³/mol. The molecule has 494 valence electrons. The van der Waals surface area contributed by atoms with Crippen LogP contribution in [0, 0.1) is 29.6 Å². The van der Waals surface area contributed by atoms with Crippen LogP contribution in [0.15, 0.2) is 0 Å². The van der Waals surface area contributed by atoms with Crippen molar-refractivity contribution >= 4 is 5.97 Å². The number of rotatable bonds is 73. The van der Waals surface area contributed by atoms with Crippen molar-refractivity contribution in [3.8, 4) is 0 Å². The van der Waals surface area contributed by atoms with Crippen molar-refractivity contribution in [2.75, 3.05) is 0 Å². The quantitative estimate of drug-likeness (QED) is 0.0597. The average molecular weight is 1170 g/mol. The van der Waals surface area contributed by atoms with Crippen LogP contribution in [0.3, 0.4) is 0 Å². The van der Waals surface area contributed by atoms with Crippen molar-refractivity contribution in [2.24, 2.45) is 29.6 Å². The molecule has 0 aromatic carbocycles. The van der Waals surface area contributed by atoms with Crippen molar-refractivity contribution in [3.05, 3.63) is 0 Å². The number of carboxylic acid groups (broad SMARTS) is 1. The Morgan fingerprint density at radius 3 is 0.590 bits per heavy atom. The topological polar surface area (TPSA) is 57.5 Å². The summed E-state index contributed by atoms with van der Waals surface area (Å²) >= 11 is 0. The number of carboxylic acids is 1. The fraction of sp³-hybridized carbons (Fsp3) is 0.988. The van der Waals surface area contributed by atoms with Gasteiger partial charge in [-0.3, -0.25) is 4.79 Å². The molecule has 0 aliphatic heterocycles. The van der Waals surface area contributed by atoms with E-state index < -0.39 is 18.0 Å². The molecule has 0 bridgehead atoms. The zero-order valence-corrected chi connectivity index (χ0v) is 57.5. The summed E-state index contributed by atoms with van der Waals surface area (Å²) in [6.07, 6.45) is 99.0. The smallest absolute Gasteiger partial charge is 0.309 e. The summed E-state index contributed by atoms with van der Waals surface area (Å²) in [5.41, 5.74) is 0. The van der Waals surface area contributed by atoms with Crippen LogP contribution in [-0.4, -0.2) is 22.3 Å². The van der Waals surface area contributed by atoms with E-state index in [1.54, 1.807) is 25.7 Å². The van der Waals surface area contributed by atoms with E-state index in [0.29, 0.717) is 12.8 Å². The molecule has 0 spiro atoms. The normalized spacial score (nSPS) is 17.4. The van der Waals surface area contributed by atoms with E-state index in [4.69, 9.17) is 0 Å². The minimum absolute atomic E-state index is 0.581. The lowest BCUT2D eigenvalue weighted by molar-refractivity contribution is -0.146. The largest absolute Gasteiger partial charge is 0.481 e. The van der Waals surface area contributed by atoms with Crippen molar-refractivity contribution in [3.63, 3.8) is 0 Å². The van der Waals surface area contributed by atoms with Crippen LogP contribution in [0.4, 0.5) is 0 Å². The van der Waals surface area contributed by atoms with Crippen LogP contribution in [0.5, 0.6) is 0 Å². The van der Waals surface area contributed by atoms with Crippen LogP contribution in [-0.2, 0) is 4.79 Å². The highest BCUT2D eigenvalue weighted by molar-refractivity contribution is 5.70. The standard InChI is InChI=1S/C80H156O3/c1-3-5-7-9-11-13-15-17-19-21-23-24-25-26-28-32-36-40-44-52-58-64-70-78(80(82)83)79(81)71-65-59-53-45-41-37-33-29-31-35-39-43-49-55-61-67-75-73-77(75)69-63-57-51-47-46-50-56-62-68-76-72-74(76)66-60-54-48-42-38-34-30-27-22-20-18-16-14-12-10-8-6-4-2/h74-79,81H,3-73H2,1-2H3,(H,82,83). The van der Waals surface area contributed by atoms with Gasteiger partial charge in [0.05, 0.1) is 12.0 Å². The molecule has 2 N–H and O–H groups in total. The van der Waals surface area contributed by atoms with Crippen molar-refractivity contribution in [2.45, 2.75) is 476 Å². The van der Waals surface area contributed by atoms with Gasteiger partial charge in [-0.15, -0.1) is 0 Å². The number of aliphatic hydroxyl groups is 1. The first-order valence-electron chi connectivity index (χ1n) is 40.0. The molecule has 2 fully saturated rings. The maximum absolute atomic E-state index is 12.0. The first-order chi connectivity index (χ1) is 41.1. The molecule has 2 aliphatic carbocycles. The van der Waals surface area contributed by atoms with E-state index in [9.17, 15) is 15.0 Å². The molecular weight excluding hydrogens is 1010 g/mol. The third-order valence-electron chi connectivity index (χ3n) is 21.2. The van der Waals surface area contributed by atoms with Crippen LogP contribution in [0.25, 0.3) is 0 Å². The Morgan fingerprint density at radius 2 is 0.410 bits per heavy atom. The second-order valence-electron chi connectivity index (χ2n) is 29.3. The highest BCUT2D eigenvalue weighted by atomic mass is 16.4. The van der Waals surface area contributed by atoms with Gasteiger partial charge in [0.2, 0.25) is 0 Å². The Morgan fingerprint density at radius 1 is 0.253 bits per heavy atom. The summed E-state index contributed by atoms with van der Waals surface area (Å²) in [5.74, 6) is 3.05. The second-order valence-corrected chi connectivity index (χ2v) is 29.3. The van der Waals surface area contributed by atoms with Crippen LogP contribution >= 0.6 is 0 Å². The van der Waals surface area contributed by atoms with Crippen LogP contribution in [0.1, 0.15) is 470 Å². The molecule has 2 aliphatic rings. The molecule has 6 atom stereocenters. The van der Waals surface area contributed by atoms with E-state index in [0.717, 1.165) is 49.4 Å². The second kappa shape index (κ2) is 63.0. The zero-order chi connectivity index (χ0) is 59.2. The number of hydrogen-bond acceptors (Lipinski definition) is 2. The Hall–Kier alpha value is -0.570. The van der Waals surface area contributed by atoms with Gasteiger partial charge in [-0.25, -0.2) is 0 Å². The van der Waals surface area contributed by atoms with Gasteiger partial charge >= 0.3 is 5.97 Å². The molecule has 2 rings (SSSR count). The SMILES string of the molecule is CCCCCCCCCCCCCCCCCCCCCCCCC(C(=O)O)C(O)CCCCCCCCCCCCCCCCCC1CC1CCCCCCCCCCC1CC1CCCCCCCCCCCCCCCCCCCC. The molecule has 83 heavy (non-hydrogen) atoms. The van der Waals surface area contributed by atoms with Gasteiger partial charge in [-0.1, -0.05) is 444 Å². The van der Waals surface area contributed by atoms with Gasteiger partial charge in [0.1, 0.15) is 0 Å². The molecule has 2 saturated carbocycles. The fourth-order valence-corrected chi connectivity index (χ4v) is 14.9. The van der Waals surface area contributed by atoms with E-state index >= 15 is 0 Å². The summed E-state index contributed by atoms with van der Waals surface area (Å²) in [4.78, 5) is 12.0. The lowest BCUT2D eigenvalue weighted by Crippen LogP contribution is -2.28. The zero-order valence-electron chi connectivity index (χ0n) is 57.5. The third-order valence-corrected chi connectivity index (χ3v) is 21.2. The first-order valence-corrected chi connectivity index (χ1v) is 40.0. The average Bonchev–Trinajstić information content (AvgIpc) is 4.56. The van der Waals surface area contributed by atoms with Gasteiger partial charge in [0, 0.05) is 0 Å². The van der Waals surface area contributed by atoms with Gasteiger partial charge in [-0.05, 0) is 49.4 Å². The van der Waals surface area contributed by atoms with Gasteiger partial charge in [0.15, 0.2) is 0 Å². The Bertz CT molecular complexity index is 1260. The molecule has 3 nitrogen and oxygen atoms in total. The van der Waals surface area contributed by atoms with Gasteiger partial charge < -0.3 is 10.2 Å². The first kappa shape index (κ1) is 78.5. The van der Waals surface area contributed by atoms with Gasteiger partial charge in [0.25, 0.3) is 0 Å². The van der Waals surface area contributed by atoms with E-state index in [2.05, 4.69) is 13.8 Å². The van der Waals surface area contributed by atoms with Crippen LogP contribution in [0.2, 0.25) is 0 Å². The summed E-state index contributed by atoms with van der Waals surface area (Å²) in [6.45, 7) is 4.61. The maximum atomic E-state index is 12.0. The van der Waals surface area contributed by atoms with Crippen LogP contribution < -0.4 is 0 Å². The molecule has 0 saturated heterocycles. The summed E-state index contributed by atoms with van der Waals surface area (Å²) in [5, 5.41) is 20.6. The maximum Gasteiger partial charge on any atom is 0.309 e. The molecular formula is C80H156O3. The Balaban J connectivity index is 1.19. The number of hydrogen-bond donors (Lipinski definition) is 2. The lowest BCUT2D eigenvalue weighted by atomic mass is 9.91. The fourth-order valence-electron chi connectivity index (χ4n) is 14.9. The minimum atomic E-state index is -0.796.